The lowest BCUT2D eigenvalue weighted by Crippen LogP contribution is -2.37. The summed E-state index contributed by atoms with van der Waals surface area (Å²) in [6.07, 6.45) is 4.01. The summed E-state index contributed by atoms with van der Waals surface area (Å²) in [4.78, 5) is 8.59. The van der Waals surface area contributed by atoms with Gasteiger partial charge in [0.05, 0.1) is 17.2 Å². The van der Waals surface area contributed by atoms with Crippen molar-refractivity contribution in [3.63, 3.8) is 0 Å². The van der Waals surface area contributed by atoms with Crippen molar-refractivity contribution in [1.82, 2.24) is 19.5 Å². The van der Waals surface area contributed by atoms with E-state index in [1.807, 2.05) is 6.07 Å². The molecule has 8 heteroatoms. The summed E-state index contributed by atoms with van der Waals surface area (Å²) in [6.45, 7) is 4.31. The molecular formula is C21H21BrN4O2S. The fourth-order valence-electron chi connectivity index (χ4n) is 4.07. The minimum atomic E-state index is -0.0218. The summed E-state index contributed by atoms with van der Waals surface area (Å²) in [5, 5.41) is 15.6. The Balaban J connectivity index is 1.59. The van der Waals surface area contributed by atoms with Crippen LogP contribution in [0.1, 0.15) is 36.2 Å². The number of thiazole rings is 1. The molecule has 1 fully saturated rings. The molecule has 4 aromatic rings. The van der Waals surface area contributed by atoms with Gasteiger partial charge in [-0.1, -0.05) is 46.3 Å². The zero-order chi connectivity index (χ0) is 20.0. The number of rotatable bonds is 4. The Bertz CT molecular complexity index is 1120. The minimum absolute atomic E-state index is 0.0218. The summed E-state index contributed by atoms with van der Waals surface area (Å²) in [5.74, 6) is 1.86. The van der Waals surface area contributed by atoms with Crippen LogP contribution in [0.15, 0.2) is 51.6 Å². The second-order valence-corrected chi connectivity index (χ2v) is 9.52. The average Bonchev–Trinajstić information content (AvgIpc) is 3.43. The van der Waals surface area contributed by atoms with Gasteiger partial charge >= 0.3 is 0 Å². The highest BCUT2D eigenvalue weighted by atomic mass is 79.9. The van der Waals surface area contributed by atoms with E-state index in [9.17, 15) is 5.11 Å². The van der Waals surface area contributed by atoms with E-state index in [-0.39, 0.29) is 11.9 Å². The number of piperidine rings is 1. The number of hydrogen-bond donors (Lipinski definition) is 1. The third kappa shape index (κ3) is 3.49. The molecule has 1 saturated heterocycles. The fraction of sp³-hybridized carbons (Fsp3) is 0.333. The number of fused-ring (bicyclic) bond motifs is 1. The summed E-state index contributed by atoms with van der Waals surface area (Å²) in [5.41, 5.74) is 1.16. The van der Waals surface area contributed by atoms with E-state index in [2.05, 4.69) is 62.1 Å². The van der Waals surface area contributed by atoms with Gasteiger partial charge < -0.3 is 9.52 Å². The van der Waals surface area contributed by atoms with Crippen LogP contribution in [-0.4, -0.2) is 37.7 Å². The van der Waals surface area contributed by atoms with Gasteiger partial charge in [-0.25, -0.2) is 0 Å². The predicted molar refractivity (Wildman–Crippen MR) is 116 cm³/mol. The topological polar surface area (TPSA) is 66.8 Å². The third-order valence-corrected chi connectivity index (χ3v) is 7.03. The molecule has 0 saturated carbocycles. The van der Waals surface area contributed by atoms with Crippen LogP contribution in [0.2, 0.25) is 0 Å². The normalized spacial score (nSPS) is 19.0. The molecule has 29 heavy (non-hydrogen) atoms. The second-order valence-electron chi connectivity index (χ2n) is 7.59. The molecule has 2 atom stereocenters. The molecule has 6 nitrogen and oxygen atoms in total. The van der Waals surface area contributed by atoms with Gasteiger partial charge in [0.25, 0.3) is 0 Å². The fourth-order valence-corrected chi connectivity index (χ4v) is 5.45. The number of aromatic nitrogens is 3. The molecule has 3 aromatic heterocycles. The number of furan rings is 1. The monoisotopic (exact) mass is 472 g/mol. The summed E-state index contributed by atoms with van der Waals surface area (Å²) in [6, 6.07) is 12.0. The number of benzene rings is 1. The Morgan fingerprint density at radius 2 is 2.10 bits per heavy atom. The molecular weight excluding hydrogens is 452 g/mol. The summed E-state index contributed by atoms with van der Waals surface area (Å²) < 4.78 is 7.96. The Morgan fingerprint density at radius 1 is 1.28 bits per heavy atom. The number of aromatic hydroxyl groups is 1. The van der Waals surface area contributed by atoms with Crippen molar-refractivity contribution in [3.05, 3.63) is 57.6 Å². The van der Waals surface area contributed by atoms with Crippen LogP contribution in [0.3, 0.4) is 0 Å². The number of hydrogen-bond acceptors (Lipinski definition) is 6. The predicted octanol–water partition coefficient (Wildman–Crippen LogP) is 5.34. The second kappa shape index (κ2) is 7.59. The van der Waals surface area contributed by atoms with Gasteiger partial charge in [0, 0.05) is 11.0 Å². The van der Waals surface area contributed by atoms with E-state index < -0.39 is 0 Å². The smallest absolute Gasteiger partial charge is 0.230 e. The molecule has 0 spiro atoms. The first kappa shape index (κ1) is 18.8. The van der Waals surface area contributed by atoms with Crippen LogP contribution < -0.4 is 0 Å². The summed E-state index contributed by atoms with van der Waals surface area (Å²) >= 11 is 5.01. The van der Waals surface area contributed by atoms with Gasteiger partial charge in [-0.15, -0.1) is 5.10 Å². The Hall–Kier alpha value is -2.16. The molecule has 4 heterocycles. The van der Waals surface area contributed by atoms with Crippen LogP contribution in [0.25, 0.3) is 16.5 Å². The van der Waals surface area contributed by atoms with Crippen LogP contribution >= 0.6 is 27.3 Å². The van der Waals surface area contributed by atoms with Crippen molar-refractivity contribution in [2.45, 2.75) is 25.8 Å². The van der Waals surface area contributed by atoms with E-state index in [1.165, 1.54) is 28.7 Å². The number of likely N-dealkylation sites (tertiary alicyclic amines) is 1. The first-order chi connectivity index (χ1) is 14.1. The minimum Gasteiger partial charge on any atom is -0.492 e. The Morgan fingerprint density at radius 3 is 2.79 bits per heavy atom. The van der Waals surface area contributed by atoms with Crippen molar-refractivity contribution in [1.29, 1.82) is 0 Å². The van der Waals surface area contributed by atoms with E-state index in [4.69, 9.17) is 4.42 Å². The SMILES string of the molecule is C[C@H]1CCCN([C@@H](c2ccc(Br)cc2)c2sc3nc(-c4ccco4)nn3c2O)C1. The van der Waals surface area contributed by atoms with Gasteiger partial charge in [-0.2, -0.15) is 9.50 Å². The molecule has 0 bridgehead atoms. The molecule has 1 aliphatic heterocycles. The van der Waals surface area contributed by atoms with E-state index in [0.29, 0.717) is 22.5 Å². The van der Waals surface area contributed by atoms with Crippen molar-refractivity contribution >= 4 is 32.2 Å². The van der Waals surface area contributed by atoms with Crippen molar-refractivity contribution in [2.24, 2.45) is 5.92 Å². The van der Waals surface area contributed by atoms with Crippen LogP contribution in [-0.2, 0) is 0 Å². The van der Waals surface area contributed by atoms with Crippen molar-refractivity contribution in [2.75, 3.05) is 13.1 Å². The third-order valence-electron chi connectivity index (χ3n) is 5.43. The standard InChI is InChI=1S/C21H21BrN4O2S/c1-13-4-2-10-25(12-13)17(14-6-8-15(22)9-7-14)18-20(27)26-21(29-18)23-19(24-26)16-5-3-11-28-16/h3,5-9,11,13,17,27H,2,4,10,12H2,1H3/t13-,17-/m0/s1. The molecule has 150 valence electrons. The van der Waals surface area contributed by atoms with Crippen LogP contribution in [0, 0.1) is 5.92 Å². The van der Waals surface area contributed by atoms with Crippen molar-refractivity contribution < 1.29 is 9.52 Å². The zero-order valence-corrected chi connectivity index (χ0v) is 18.4. The van der Waals surface area contributed by atoms with Gasteiger partial charge in [-0.3, -0.25) is 4.90 Å². The lowest BCUT2D eigenvalue weighted by Gasteiger charge is -2.37. The van der Waals surface area contributed by atoms with E-state index >= 15 is 0 Å². The molecule has 0 radical (unpaired) electrons. The summed E-state index contributed by atoms with van der Waals surface area (Å²) in [7, 11) is 0. The molecule has 1 aromatic carbocycles. The lowest BCUT2D eigenvalue weighted by molar-refractivity contribution is 0.149. The maximum absolute atomic E-state index is 11.1. The number of nitrogens with zero attached hydrogens (tertiary/aromatic N) is 4. The lowest BCUT2D eigenvalue weighted by atomic mass is 9.95. The molecule has 1 aliphatic rings. The first-order valence-electron chi connectivity index (χ1n) is 9.72. The van der Waals surface area contributed by atoms with Gasteiger partial charge in [0.15, 0.2) is 5.76 Å². The Kier molecular flexibility index (Phi) is 4.93. The van der Waals surface area contributed by atoms with Gasteiger partial charge in [0.1, 0.15) is 0 Å². The molecule has 0 unspecified atom stereocenters. The van der Waals surface area contributed by atoms with Crippen LogP contribution in [0.5, 0.6) is 5.88 Å². The maximum atomic E-state index is 11.1. The average molecular weight is 473 g/mol. The highest BCUT2D eigenvalue weighted by molar-refractivity contribution is 9.10. The molecule has 0 aliphatic carbocycles. The van der Waals surface area contributed by atoms with E-state index in [1.54, 1.807) is 12.3 Å². The van der Waals surface area contributed by atoms with E-state index in [0.717, 1.165) is 28.0 Å². The number of halogens is 1. The maximum Gasteiger partial charge on any atom is 0.230 e. The zero-order valence-electron chi connectivity index (χ0n) is 16.0. The molecule has 1 N–H and O–H groups in total. The largest absolute Gasteiger partial charge is 0.492 e. The first-order valence-corrected chi connectivity index (χ1v) is 11.3. The quantitative estimate of drug-likeness (QED) is 0.434. The van der Waals surface area contributed by atoms with Crippen molar-refractivity contribution in [3.8, 4) is 17.5 Å². The van der Waals surface area contributed by atoms with Gasteiger partial charge in [0.2, 0.25) is 16.7 Å². The van der Waals surface area contributed by atoms with Gasteiger partial charge in [-0.05, 0) is 55.1 Å². The molecule has 5 rings (SSSR count). The van der Waals surface area contributed by atoms with Crippen LogP contribution in [0.4, 0.5) is 0 Å². The molecule has 0 amide bonds. The highest BCUT2D eigenvalue weighted by Crippen LogP contribution is 2.42. The highest BCUT2D eigenvalue weighted by Gasteiger charge is 2.32. The Labute approximate surface area is 180 Å².